The first kappa shape index (κ1) is 14.9. The Labute approximate surface area is 94.2 Å². The summed E-state index contributed by atoms with van der Waals surface area (Å²) in [6.07, 6.45) is 1.87. The van der Waals surface area contributed by atoms with Crippen LogP contribution in [0.4, 0.5) is 0 Å². The molecule has 15 heavy (non-hydrogen) atoms. The molecule has 0 aliphatic rings. The molecule has 0 saturated carbocycles. The molecule has 0 rings (SSSR count). The fourth-order valence-electron chi connectivity index (χ4n) is 2.11. The van der Waals surface area contributed by atoms with Gasteiger partial charge < -0.3 is 15.2 Å². The fraction of sp³-hybridized carbons (Fsp3) is 1.00. The van der Waals surface area contributed by atoms with Gasteiger partial charge in [-0.15, -0.1) is 0 Å². The number of hydrogen-bond acceptors (Lipinski definition) is 3. The largest absolute Gasteiger partial charge is 0.396 e. The summed E-state index contributed by atoms with van der Waals surface area (Å²) in [6.45, 7) is 9.56. The van der Waals surface area contributed by atoms with Crippen LogP contribution in [0.3, 0.4) is 0 Å². The van der Waals surface area contributed by atoms with Crippen molar-refractivity contribution in [2.24, 2.45) is 5.92 Å². The average molecular weight is 217 g/mol. The minimum Gasteiger partial charge on any atom is -0.396 e. The summed E-state index contributed by atoms with van der Waals surface area (Å²) in [7, 11) is 1.70. The number of nitrogens with one attached hydrogen (secondary N) is 1. The molecular formula is C12H27NO2. The monoisotopic (exact) mass is 217 g/mol. The zero-order valence-electron chi connectivity index (χ0n) is 10.8. The number of rotatable bonds is 8. The van der Waals surface area contributed by atoms with E-state index in [-0.39, 0.29) is 12.1 Å². The summed E-state index contributed by atoms with van der Waals surface area (Å²) in [5.74, 6) is 0.688. The third-order valence-corrected chi connectivity index (χ3v) is 2.55. The maximum Gasteiger partial charge on any atom is 0.0642 e. The van der Waals surface area contributed by atoms with Crippen molar-refractivity contribution in [2.75, 3.05) is 20.3 Å². The Bertz CT molecular complexity index is 154. The van der Waals surface area contributed by atoms with Crippen LogP contribution in [-0.4, -0.2) is 37.0 Å². The number of ether oxygens (including phenoxy) is 1. The molecule has 0 radical (unpaired) electrons. The number of methoxy groups -OCH3 is 1. The van der Waals surface area contributed by atoms with Crippen LogP contribution in [0.1, 0.15) is 40.5 Å². The van der Waals surface area contributed by atoms with Crippen molar-refractivity contribution in [2.45, 2.75) is 52.1 Å². The molecule has 3 nitrogen and oxygen atoms in total. The molecule has 0 heterocycles. The predicted molar refractivity (Wildman–Crippen MR) is 64.0 cm³/mol. The molecule has 0 bridgehead atoms. The fourth-order valence-corrected chi connectivity index (χ4v) is 2.11. The summed E-state index contributed by atoms with van der Waals surface area (Å²) in [5, 5.41) is 12.6. The Kier molecular flexibility index (Phi) is 7.14. The van der Waals surface area contributed by atoms with E-state index in [0.717, 1.165) is 12.8 Å². The van der Waals surface area contributed by atoms with E-state index >= 15 is 0 Å². The van der Waals surface area contributed by atoms with Crippen LogP contribution in [0.25, 0.3) is 0 Å². The molecule has 0 aromatic carbocycles. The first-order valence-corrected chi connectivity index (χ1v) is 5.81. The molecule has 92 valence electrons. The Morgan fingerprint density at radius 1 is 1.33 bits per heavy atom. The molecule has 0 amide bonds. The van der Waals surface area contributed by atoms with Gasteiger partial charge in [0, 0.05) is 25.3 Å². The second-order valence-corrected chi connectivity index (χ2v) is 5.14. The molecule has 2 atom stereocenters. The molecule has 2 unspecified atom stereocenters. The molecule has 3 heteroatoms. The zero-order chi connectivity index (χ0) is 11.9. The van der Waals surface area contributed by atoms with Crippen molar-refractivity contribution in [1.82, 2.24) is 5.32 Å². The number of aliphatic hydroxyl groups excluding tert-OH is 1. The summed E-state index contributed by atoms with van der Waals surface area (Å²) < 4.78 is 5.19. The van der Waals surface area contributed by atoms with Gasteiger partial charge in [-0.25, -0.2) is 0 Å². The summed E-state index contributed by atoms with van der Waals surface area (Å²) in [4.78, 5) is 0. The van der Waals surface area contributed by atoms with E-state index in [4.69, 9.17) is 9.84 Å². The van der Waals surface area contributed by atoms with E-state index in [0.29, 0.717) is 18.6 Å². The minimum absolute atomic E-state index is 0.113. The van der Waals surface area contributed by atoms with E-state index in [9.17, 15) is 0 Å². The van der Waals surface area contributed by atoms with Crippen molar-refractivity contribution < 1.29 is 9.84 Å². The molecule has 0 aliphatic heterocycles. The minimum atomic E-state index is -0.113. The van der Waals surface area contributed by atoms with Gasteiger partial charge in [0.25, 0.3) is 0 Å². The highest BCUT2D eigenvalue weighted by Crippen LogP contribution is 2.14. The maximum absolute atomic E-state index is 9.03. The van der Waals surface area contributed by atoms with Gasteiger partial charge in [-0.3, -0.25) is 0 Å². The standard InChI is InChI=1S/C12H27NO2/c1-10(2)8-11(3)13-12(4,6-7-14)9-15-5/h10-11,13-14H,6-9H2,1-5H3. The van der Waals surface area contributed by atoms with Crippen molar-refractivity contribution in [3.63, 3.8) is 0 Å². The van der Waals surface area contributed by atoms with Gasteiger partial charge in [-0.05, 0) is 32.6 Å². The van der Waals surface area contributed by atoms with Crippen molar-refractivity contribution in [3.8, 4) is 0 Å². The van der Waals surface area contributed by atoms with E-state index in [1.807, 2.05) is 0 Å². The Morgan fingerprint density at radius 2 is 1.93 bits per heavy atom. The third kappa shape index (κ3) is 6.88. The van der Waals surface area contributed by atoms with Gasteiger partial charge in [0.2, 0.25) is 0 Å². The lowest BCUT2D eigenvalue weighted by atomic mass is 9.96. The molecule has 2 N–H and O–H groups in total. The SMILES string of the molecule is COCC(C)(CCO)NC(C)CC(C)C. The number of aliphatic hydroxyl groups is 1. The second-order valence-electron chi connectivity index (χ2n) is 5.14. The summed E-state index contributed by atoms with van der Waals surface area (Å²) in [5.41, 5.74) is -0.113. The highest BCUT2D eigenvalue weighted by molar-refractivity contribution is 4.85. The number of hydrogen-bond donors (Lipinski definition) is 2. The third-order valence-electron chi connectivity index (χ3n) is 2.55. The van der Waals surface area contributed by atoms with Crippen LogP contribution >= 0.6 is 0 Å². The Hall–Kier alpha value is -0.120. The molecular weight excluding hydrogens is 190 g/mol. The zero-order valence-corrected chi connectivity index (χ0v) is 10.8. The van der Waals surface area contributed by atoms with Gasteiger partial charge in [0.15, 0.2) is 0 Å². The van der Waals surface area contributed by atoms with Gasteiger partial charge >= 0.3 is 0 Å². The van der Waals surface area contributed by atoms with Crippen LogP contribution in [0.5, 0.6) is 0 Å². The van der Waals surface area contributed by atoms with Crippen molar-refractivity contribution in [3.05, 3.63) is 0 Å². The molecule has 0 spiro atoms. The summed E-state index contributed by atoms with van der Waals surface area (Å²) >= 11 is 0. The first-order valence-electron chi connectivity index (χ1n) is 5.81. The maximum atomic E-state index is 9.03. The lowest BCUT2D eigenvalue weighted by Gasteiger charge is -2.33. The Balaban J connectivity index is 4.14. The van der Waals surface area contributed by atoms with Crippen LogP contribution in [0.15, 0.2) is 0 Å². The quantitative estimate of drug-likeness (QED) is 0.651. The van der Waals surface area contributed by atoms with Gasteiger partial charge in [0.1, 0.15) is 0 Å². The topological polar surface area (TPSA) is 41.5 Å². The van der Waals surface area contributed by atoms with Gasteiger partial charge in [-0.1, -0.05) is 13.8 Å². The van der Waals surface area contributed by atoms with E-state index in [1.165, 1.54) is 0 Å². The van der Waals surface area contributed by atoms with Gasteiger partial charge in [0.05, 0.1) is 6.61 Å². The lowest BCUT2D eigenvalue weighted by Crippen LogP contribution is -2.51. The molecule has 0 aromatic heterocycles. The highest BCUT2D eigenvalue weighted by atomic mass is 16.5. The van der Waals surface area contributed by atoms with E-state index < -0.39 is 0 Å². The second kappa shape index (κ2) is 7.20. The summed E-state index contributed by atoms with van der Waals surface area (Å²) in [6, 6.07) is 0.455. The van der Waals surface area contributed by atoms with Crippen LogP contribution in [0.2, 0.25) is 0 Å². The molecule has 0 saturated heterocycles. The first-order chi connectivity index (χ1) is 6.93. The lowest BCUT2D eigenvalue weighted by molar-refractivity contribution is 0.0892. The normalized spacial score (nSPS) is 17.8. The predicted octanol–water partition coefficient (Wildman–Crippen LogP) is 1.80. The smallest absolute Gasteiger partial charge is 0.0642 e. The van der Waals surface area contributed by atoms with Crippen LogP contribution in [-0.2, 0) is 4.74 Å². The molecule has 0 fully saturated rings. The van der Waals surface area contributed by atoms with E-state index in [2.05, 4.69) is 33.0 Å². The van der Waals surface area contributed by atoms with E-state index in [1.54, 1.807) is 7.11 Å². The highest BCUT2D eigenvalue weighted by Gasteiger charge is 2.25. The molecule has 0 aromatic rings. The van der Waals surface area contributed by atoms with Crippen molar-refractivity contribution >= 4 is 0 Å². The average Bonchev–Trinajstić information content (AvgIpc) is 2.01. The van der Waals surface area contributed by atoms with Crippen LogP contribution < -0.4 is 5.32 Å². The van der Waals surface area contributed by atoms with Crippen molar-refractivity contribution in [1.29, 1.82) is 0 Å². The van der Waals surface area contributed by atoms with Crippen LogP contribution in [0, 0.1) is 5.92 Å². The molecule has 0 aliphatic carbocycles. The Morgan fingerprint density at radius 3 is 2.33 bits per heavy atom. The van der Waals surface area contributed by atoms with Gasteiger partial charge in [-0.2, -0.15) is 0 Å².